The van der Waals surface area contributed by atoms with Gasteiger partial charge >= 0.3 is 0 Å². The highest BCUT2D eigenvalue weighted by molar-refractivity contribution is 5.95. The Bertz CT molecular complexity index is 790. The molecule has 0 atom stereocenters. The molecule has 1 fully saturated rings. The molecule has 0 aromatic carbocycles. The summed E-state index contributed by atoms with van der Waals surface area (Å²) in [5.41, 5.74) is 2.71. The van der Waals surface area contributed by atoms with Gasteiger partial charge in [-0.25, -0.2) is 4.52 Å². The second-order valence-electron chi connectivity index (χ2n) is 5.28. The zero-order valence-electron chi connectivity index (χ0n) is 11.4. The number of carbonyl (C=O) groups is 1. The third-order valence-corrected chi connectivity index (χ3v) is 3.92. The Morgan fingerprint density at radius 1 is 1.14 bits per heavy atom. The molecule has 0 unspecified atom stereocenters. The van der Waals surface area contributed by atoms with Crippen LogP contribution in [0.15, 0.2) is 55.0 Å². The standard InChI is InChI=1S/C16H14N4O/c21-16(12-5-8-20-14(9-12)4-7-18-20)19-10-13(11-19)15-3-1-2-6-17-15/h1-9,13H,10-11H2. The van der Waals surface area contributed by atoms with Gasteiger partial charge in [0.2, 0.25) is 0 Å². The van der Waals surface area contributed by atoms with E-state index in [1.807, 2.05) is 47.5 Å². The van der Waals surface area contributed by atoms with Crippen molar-refractivity contribution >= 4 is 11.4 Å². The lowest BCUT2D eigenvalue weighted by molar-refractivity contribution is 0.0599. The van der Waals surface area contributed by atoms with Crippen LogP contribution in [-0.4, -0.2) is 38.5 Å². The number of hydrogen-bond donors (Lipinski definition) is 0. The molecule has 0 saturated carbocycles. The van der Waals surface area contributed by atoms with E-state index in [-0.39, 0.29) is 5.91 Å². The molecule has 1 aliphatic heterocycles. The molecule has 0 spiro atoms. The molecular formula is C16H14N4O. The first-order valence-corrected chi connectivity index (χ1v) is 6.95. The normalized spacial score (nSPS) is 15.1. The summed E-state index contributed by atoms with van der Waals surface area (Å²) in [6, 6.07) is 11.5. The highest BCUT2D eigenvalue weighted by Crippen LogP contribution is 2.26. The summed E-state index contributed by atoms with van der Waals surface area (Å²) in [6.45, 7) is 1.47. The maximum atomic E-state index is 12.4. The summed E-state index contributed by atoms with van der Waals surface area (Å²) >= 11 is 0. The molecule has 0 radical (unpaired) electrons. The number of fused-ring (bicyclic) bond motifs is 1. The number of pyridine rings is 2. The first-order chi connectivity index (χ1) is 10.3. The summed E-state index contributed by atoms with van der Waals surface area (Å²) < 4.78 is 1.75. The Hall–Kier alpha value is -2.69. The summed E-state index contributed by atoms with van der Waals surface area (Å²) in [5.74, 6) is 0.430. The van der Waals surface area contributed by atoms with E-state index in [1.165, 1.54) is 0 Å². The van der Waals surface area contributed by atoms with Crippen molar-refractivity contribution in [1.29, 1.82) is 0 Å². The molecule has 104 valence electrons. The predicted octanol–water partition coefficient (Wildman–Crippen LogP) is 1.97. The molecule has 3 aromatic rings. The Morgan fingerprint density at radius 3 is 2.86 bits per heavy atom. The molecule has 3 aromatic heterocycles. The fourth-order valence-electron chi connectivity index (χ4n) is 2.69. The minimum atomic E-state index is 0.0749. The van der Waals surface area contributed by atoms with E-state index in [0.29, 0.717) is 11.5 Å². The van der Waals surface area contributed by atoms with Crippen LogP contribution in [-0.2, 0) is 0 Å². The maximum Gasteiger partial charge on any atom is 0.254 e. The lowest BCUT2D eigenvalue weighted by Gasteiger charge is -2.39. The van der Waals surface area contributed by atoms with Gasteiger partial charge in [-0.2, -0.15) is 5.10 Å². The molecule has 0 bridgehead atoms. The van der Waals surface area contributed by atoms with Crippen molar-refractivity contribution in [3.8, 4) is 0 Å². The van der Waals surface area contributed by atoms with Gasteiger partial charge in [0.1, 0.15) is 0 Å². The summed E-state index contributed by atoms with van der Waals surface area (Å²) in [5, 5.41) is 4.13. The zero-order chi connectivity index (χ0) is 14.2. The minimum absolute atomic E-state index is 0.0749. The van der Waals surface area contributed by atoms with Crippen molar-refractivity contribution in [1.82, 2.24) is 19.5 Å². The molecule has 4 heterocycles. The third kappa shape index (κ3) is 2.07. The molecule has 4 rings (SSSR count). The predicted molar refractivity (Wildman–Crippen MR) is 78.1 cm³/mol. The number of nitrogens with zero attached hydrogens (tertiary/aromatic N) is 4. The van der Waals surface area contributed by atoms with Gasteiger partial charge in [-0.05, 0) is 30.3 Å². The first-order valence-electron chi connectivity index (χ1n) is 6.95. The van der Waals surface area contributed by atoms with Crippen molar-refractivity contribution in [3.05, 3.63) is 66.2 Å². The number of rotatable bonds is 2. The molecule has 0 aliphatic carbocycles. The fourth-order valence-corrected chi connectivity index (χ4v) is 2.69. The molecular weight excluding hydrogens is 264 g/mol. The minimum Gasteiger partial charge on any atom is -0.337 e. The topological polar surface area (TPSA) is 50.5 Å². The molecule has 1 amide bonds. The SMILES string of the molecule is O=C(c1ccn2nccc2c1)N1CC(c2ccccn2)C1. The average molecular weight is 278 g/mol. The van der Waals surface area contributed by atoms with Crippen LogP contribution in [0, 0.1) is 0 Å². The van der Waals surface area contributed by atoms with Crippen LogP contribution in [0.3, 0.4) is 0 Å². The third-order valence-electron chi connectivity index (χ3n) is 3.92. The van der Waals surface area contributed by atoms with Gasteiger partial charge in [0, 0.05) is 48.9 Å². The van der Waals surface area contributed by atoms with Crippen LogP contribution in [0.25, 0.3) is 5.52 Å². The summed E-state index contributed by atoms with van der Waals surface area (Å²) in [7, 11) is 0. The van der Waals surface area contributed by atoms with Gasteiger partial charge in [-0.15, -0.1) is 0 Å². The Balaban J connectivity index is 1.49. The highest BCUT2D eigenvalue weighted by atomic mass is 16.2. The van der Waals surface area contributed by atoms with Gasteiger partial charge in [0.05, 0.1) is 5.52 Å². The van der Waals surface area contributed by atoms with Gasteiger partial charge in [-0.1, -0.05) is 6.07 Å². The molecule has 1 aliphatic rings. The van der Waals surface area contributed by atoms with E-state index >= 15 is 0 Å². The van der Waals surface area contributed by atoms with Gasteiger partial charge in [0.25, 0.3) is 5.91 Å². The van der Waals surface area contributed by atoms with Gasteiger partial charge in [0.15, 0.2) is 0 Å². The van der Waals surface area contributed by atoms with Crippen LogP contribution in [0.5, 0.6) is 0 Å². The number of hydrogen-bond acceptors (Lipinski definition) is 3. The van der Waals surface area contributed by atoms with E-state index in [0.717, 1.165) is 24.3 Å². The van der Waals surface area contributed by atoms with Crippen molar-refractivity contribution in [3.63, 3.8) is 0 Å². The van der Waals surface area contributed by atoms with Crippen LogP contribution >= 0.6 is 0 Å². The quantitative estimate of drug-likeness (QED) is 0.720. The van der Waals surface area contributed by atoms with E-state index in [2.05, 4.69) is 10.1 Å². The number of carbonyl (C=O) groups excluding carboxylic acids is 1. The number of likely N-dealkylation sites (tertiary alicyclic amines) is 1. The number of aromatic nitrogens is 3. The monoisotopic (exact) mass is 278 g/mol. The van der Waals surface area contributed by atoms with Crippen molar-refractivity contribution in [2.24, 2.45) is 0 Å². The van der Waals surface area contributed by atoms with Crippen molar-refractivity contribution < 1.29 is 4.79 Å². The molecule has 1 saturated heterocycles. The second-order valence-corrected chi connectivity index (χ2v) is 5.28. The first kappa shape index (κ1) is 12.1. The van der Waals surface area contributed by atoms with E-state index in [4.69, 9.17) is 0 Å². The molecule has 5 heteroatoms. The average Bonchev–Trinajstić information content (AvgIpc) is 2.94. The molecule has 5 nitrogen and oxygen atoms in total. The van der Waals surface area contributed by atoms with E-state index < -0.39 is 0 Å². The van der Waals surface area contributed by atoms with Crippen molar-refractivity contribution in [2.45, 2.75) is 5.92 Å². The van der Waals surface area contributed by atoms with Crippen LogP contribution in [0.1, 0.15) is 22.0 Å². The Labute approximate surface area is 121 Å². The summed E-state index contributed by atoms with van der Waals surface area (Å²) in [6.07, 6.45) is 5.34. The van der Waals surface area contributed by atoms with Crippen LogP contribution < -0.4 is 0 Å². The van der Waals surface area contributed by atoms with E-state index in [9.17, 15) is 4.79 Å². The Morgan fingerprint density at radius 2 is 2.05 bits per heavy atom. The summed E-state index contributed by atoms with van der Waals surface area (Å²) in [4.78, 5) is 18.7. The molecule has 0 N–H and O–H groups in total. The lowest BCUT2D eigenvalue weighted by Crippen LogP contribution is -2.48. The number of amides is 1. The Kier molecular flexibility index (Phi) is 2.70. The van der Waals surface area contributed by atoms with Gasteiger partial charge < -0.3 is 4.90 Å². The highest BCUT2D eigenvalue weighted by Gasteiger charge is 2.32. The zero-order valence-corrected chi connectivity index (χ0v) is 11.4. The second kappa shape index (κ2) is 4.70. The lowest BCUT2D eigenvalue weighted by atomic mass is 9.95. The largest absolute Gasteiger partial charge is 0.337 e. The van der Waals surface area contributed by atoms with E-state index in [1.54, 1.807) is 16.9 Å². The van der Waals surface area contributed by atoms with Crippen LogP contribution in [0.4, 0.5) is 0 Å². The van der Waals surface area contributed by atoms with Crippen molar-refractivity contribution in [2.75, 3.05) is 13.1 Å². The molecule has 21 heavy (non-hydrogen) atoms. The maximum absolute atomic E-state index is 12.4. The smallest absolute Gasteiger partial charge is 0.254 e. The van der Waals surface area contributed by atoms with Gasteiger partial charge in [-0.3, -0.25) is 9.78 Å². The fraction of sp³-hybridized carbons (Fsp3) is 0.188. The van der Waals surface area contributed by atoms with Crippen LogP contribution in [0.2, 0.25) is 0 Å².